The summed E-state index contributed by atoms with van der Waals surface area (Å²) in [5.41, 5.74) is 2.12. The van der Waals surface area contributed by atoms with Crippen LogP contribution in [0.15, 0.2) is 71.5 Å². The van der Waals surface area contributed by atoms with E-state index in [1.54, 1.807) is 24.3 Å². The lowest BCUT2D eigenvalue weighted by atomic mass is 10.0. The van der Waals surface area contributed by atoms with Crippen LogP contribution >= 0.6 is 0 Å². The predicted octanol–water partition coefficient (Wildman–Crippen LogP) is 8.16. The zero-order valence-corrected chi connectivity index (χ0v) is 20.9. The van der Waals surface area contributed by atoms with E-state index in [2.05, 4.69) is 4.85 Å². The molecule has 3 aromatic carbocycles. The third-order valence-corrected chi connectivity index (χ3v) is 6.10. The number of pyridine rings is 1. The molecule has 0 fully saturated rings. The van der Waals surface area contributed by atoms with Gasteiger partial charge in [-0.25, -0.2) is 4.85 Å². The van der Waals surface area contributed by atoms with Crippen molar-refractivity contribution in [3.05, 3.63) is 122 Å². The van der Waals surface area contributed by atoms with E-state index in [0.717, 1.165) is 33.9 Å². The van der Waals surface area contributed by atoms with Crippen LogP contribution in [0.2, 0.25) is 0 Å². The van der Waals surface area contributed by atoms with E-state index < -0.39 is 23.0 Å². The number of rotatable bonds is 5. The maximum atomic E-state index is 13.8. The van der Waals surface area contributed by atoms with E-state index in [9.17, 15) is 18.0 Å². The Morgan fingerprint density at radius 1 is 0.838 bits per heavy atom. The van der Waals surface area contributed by atoms with Gasteiger partial charge in [0.25, 0.3) is 11.2 Å². The quantitative estimate of drug-likeness (QED) is 0.258. The zero-order chi connectivity index (χ0) is 26.9. The van der Waals surface area contributed by atoms with Gasteiger partial charge in [-0.05, 0) is 98.0 Å². The number of halogens is 3. The number of hydrogen-bond donors (Lipinski definition) is 0. The Kier molecular flexibility index (Phi) is 6.95. The van der Waals surface area contributed by atoms with Gasteiger partial charge in [-0.1, -0.05) is 29.8 Å². The second kappa shape index (κ2) is 9.98. The molecule has 7 heteroatoms. The van der Waals surface area contributed by atoms with Crippen LogP contribution in [0.25, 0.3) is 16.1 Å². The Bertz CT molecular complexity index is 1560. The average Bonchev–Trinajstić information content (AvgIpc) is 2.81. The van der Waals surface area contributed by atoms with Crippen molar-refractivity contribution in [1.82, 2.24) is 4.57 Å². The molecule has 37 heavy (non-hydrogen) atoms. The minimum Gasteiger partial charge on any atom is -0.457 e. The lowest BCUT2D eigenvalue weighted by Gasteiger charge is -2.19. The van der Waals surface area contributed by atoms with E-state index in [0.29, 0.717) is 17.1 Å². The molecule has 0 unspecified atom stereocenters. The molecule has 0 spiro atoms. The van der Waals surface area contributed by atoms with Crippen molar-refractivity contribution in [1.29, 1.82) is 0 Å². The maximum absolute atomic E-state index is 13.8. The van der Waals surface area contributed by atoms with Crippen molar-refractivity contribution in [2.75, 3.05) is 0 Å². The van der Waals surface area contributed by atoms with Gasteiger partial charge >= 0.3 is 6.18 Å². The van der Waals surface area contributed by atoms with Gasteiger partial charge in [-0.3, -0.25) is 4.79 Å². The first kappa shape index (κ1) is 25.8. The molecule has 0 aliphatic carbocycles. The zero-order valence-electron chi connectivity index (χ0n) is 20.9. The molecule has 0 aliphatic rings. The monoisotopic (exact) mass is 502 g/mol. The van der Waals surface area contributed by atoms with E-state index in [1.807, 2.05) is 64.1 Å². The minimum absolute atomic E-state index is 0.0295. The first-order valence-electron chi connectivity index (χ1n) is 11.6. The average molecular weight is 503 g/mol. The van der Waals surface area contributed by atoms with Crippen LogP contribution in [0.4, 0.5) is 18.9 Å². The first-order valence-corrected chi connectivity index (χ1v) is 11.6. The van der Waals surface area contributed by atoms with Gasteiger partial charge in [0.05, 0.1) is 18.7 Å². The van der Waals surface area contributed by atoms with E-state index in [4.69, 9.17) is 11.3 Å². The minimum atomic E-state index is -4.85. The van der Waals surface area contributed by atoms with Crippen LogP contribution in [0, 0.1) is 34.3 Å². The SMILES string of the molecule is [C-]#[N+]c1c(C(F)(F)F)cc(-c2ccc(Oc3cc(C)cc(C)c3)cc2)n(Cc2ccc(C)cc2C)c1=O. The smallest absolute Gasteiger partial charge is 0.407 e. The van der Waals surface area contributed by atoms with Crippen molar-refractivity contribution in [3.63, 3.8) is 0 Å². The molecule has 0 saturated heterocycles. The molecule has 188 valence electrons. The third kappa shape index (κ3) is 5.59. The Morgan fingerprint density at radius 2 is 1.49 bits per heavy atom. The van der Waals surface area contributed by atoms with Crippen LogP contribution in [-0.2, 0) is 12.7 Å². The summed E-state index contributed by atoms with van der Waals surface area (Å²) in [5, 5.41) is 0. The van der Waals surface area contributed by atoms with Crippen molar-refractivity contribution in [2.24, 2.45) is 0 Å². The van der Waals surface area contributed by atoms with Crippen LogP contribution in [0.3, 0.4) is 0 Å². The highest BCUT2D eigenvalue weighted by Crippen LogP contribution is 2.37. The number of nitrogens with zero attached hydrogens (tertiary/aromatic N) is 2. The standard InChI is InChI=1S/C30H25F3N2O2/c1-18-6-7-23(21(4)13-18)17-35-27(16-26(30(31,32)33)28(34-5)29(35)36)22-8-10-24(11-9-22)37-25-14-19(2)12-20(3)15-25/h6-16H,17H2,1-4H3. The van der Waals surface area contributed by atoms with E-state index in [-0.39, 0.29) is 12.2 Å². The highest BCUT2D eigenvalue weighted by molar-refractivity contribution is 5.67. The van der Waals surface area contributed by atoms with Crippen LogP contribution < -0.4 is 10.3 Å². The third-order valence-electron chi connectivity index (χ3n) is 6.10. The molecule has 1 heterocycles. The van der Waals surface area contributed by atoms with Gasteiger partial charge in [-0.2, -0.15) is 13.2 Å². The summed E-state index contributed by atoms with van der Waals surface area (Å²) in [6.45, 7) is 15.1. The Morgan fingerprint density at radius 3 is 2.05 bits per heavy atom. The van der Waals surface area contributed by atoms with Gasteiger partial charge in [0.2, 0.25) is 0 Å². The molecule has 0 bridgehead atoms. The summed E-state index contributed by atoms with van der Waals surface area (Å²) in [5.74, 6) is 1.16. The number of aromatic nitrogens is 1. The van der Waals surface area contributed by atoms with Crippen LogP contribution in [-0.4, -0.2) is 4.57 Å². The van der Waals surface area contributed by atoms with Gasteiger partial charge in [0.1, 0.15) is 11.5 Å². The molecule has 0 radical (unpaired) electrons. The number of benzene rings is 3. The van der Waals surface area contributed by atoms with Crippen LogP contribution in [0.5, 0.6) is 11.5 Å². The summed E-state index contributed by atoms with van der Waals surface area (Å²) in [4.78, 5) is 16.2. The molecular weight excluding hydrogens is 477 g/mol. The normalized spacial score (nSPS) is 11.3. The van der Waals surface area contributed by atoms with Crippen molar-refractivity contribution >= 4 is 5.69 Å². The largest absolute Gasteiger partial charge is 0.457 e. The number of aryl methyl sites for hydroxylation is 4. The molecule has 0 amide bonds. The molecule has 0 N–H and O–H groups in total. The molecule has 0 atom stereocenters. The molecule has 1 aromatic heterocycles. The van der Waals surface area contributed by atoms with Gasteiger partial charge < -0.3 is 9.30 Å². The summed E-state index contributed by atoms with van der Waals surface area (Å²) < 4.78 is 48.7. The van der Waals surface area contributed by atoms with Gasteiger partial charge in [0.15, 0.2) is 0 Å². The topological polar surface area (TPSA) is 35.6 Å². The van der Waals surface area contributed by atoms with Gasteiger partial charge in [-0.15, -0.1) is 0 Å². The Balaban J connectivity index is 1.83. The van der Waals surface area contributed by atoms with Crippen LogP contribution in [0.1, 0.15) is 33.4 Å². The first-order chi connectivity index (χ1) is 17.5. The molecule has 4 aromatic rings. The lowest BCUT2D eigenvalue weighted by Crippen LogP contribution is -2.25. The maximum Gasteiger partial charge on any atom is 0.407 e. The Labute approximate surface area is 213 Å². The number of alkyl halides is 3. The fourth-order valence-electron chi connectivity index (χ4n) is 4.37. The molecule has 0 saturated carbocycles. The summed E-state index contributed by atoms with van der Waals surface area (Å²) in [7, 11) is 0. The van der Waals surface area contributed by atoms with Crippen molar-refractivity contribution in [3.8, 4) is 22.8 Å². The summed E-state index contributed by atoms with van der Waals surface area (Å²) in [6.07, 6.45) is -4.85. The fourth-order valence-corrected chi connectivity index (χ4v) is 4.37. The molecule has 4 nitrogen and oxygen atoms in total. The molecular formula is C30H25F3N2O2. The van der Waals surface area contributed by atoms with E-state index in [1.165, 1.54) is 4.57 Å². The number of ether oxygens (including phenoxy) is 1. The second-order valence-electron chi connectivity index (χ2n) is 9.17. The highest BCUT2D eigenvalue weighted by atomic mass is 19.4. The Hall–Kier alpha value is -4.31. The molecule has 4 rings (SSSR count). The van der Waals surface area contributed by atoms with E-state index >= 15 is 0 Å². The second-order valence-corrected chi connectivity index (χ2v) is 9.17. The van der Waals surface area contributed by atoms with Crippen molar-refractivity contribution in [2.45, 2.75) is 40.4 Å². The fraction of sp³-hybridized carbons (Fsp3) is 0.200. The molecule has 0 aliphatic heterocycles. The number of hydrogen-bond acceptors (Lipinski definition) is 2. The van der Waals surface area contributed by atoms with Crippen molar-refractivity contribution < 1.29 is 17.9 Å². The summed E-state index contributed by atoms with van der Waals surface area (Å²) in [6, 6.07) is 18.9. The van der Waals surface area contributed by atoms with Gasteiger partial charge in [0, 0.05) is 5.69 Å². The predicted molar refractivity (Wildman–Crippen MR) is 138 cm³/mol. The summed E-state index contributed by atoms with van der Waals surface area (Å²) >= 11 is 0. The lowest BCUT2D eigenvalue weighted by molar-refractivity contribution is -0.136. The highest BCUT2D eigenvalue weighted by Gasteiger charge is 2.36.